The lowest BCUT2D eigenvalue weighted by atomic mass is 9.91. The number of pyridine rings is 1. The Bertz CT molecular complexity index is 551. The van der Waals surface area contributed by atoms with Crippen molar-refractivity contribution in [3.8, 4) is 0 Å². The van der Waals surface area contributed by atoms with Crippen molar-refractivity contribution in [2.75, 3.05) is 11.9 Å². The number of benzene rings is 1. The van der Waals surface area contributed by atoms with Gasteiger partial charge in [0, 0.05) is 5.69 Å². The monoisotopic (exact) mass is 278 g/mol. The fraction of sp³-hybridized carbons (Fsp3) is 0.267. The highest BCUT2D eigenvalue weighted by atomic mass is 19.1. The van der Waals surface area contributed by atoms with Gasteiger partial charge in [-0.1, -0.05) is 6.92 Å². The molecule has 3 nitrogen and oxygen atoms in total. The average molecular weight is 278 g/mol. The van der Waals surface area contributed by atoms with Gasteiger partial charge >= 0.3 is 0 Å². The Kier molecular flexibility index (Phi) is 4.29. The fourth-order valence-corrected chi connectivity index (χ4v) is 2.03. The molecule has 1 heterocycles. The van der Waals surface area contributed by atoms with Crippen LogP contribution in [0.1, 0.15) is 19.0 Å². The molecule has 0 aliphatic carbocycles. The van der Waals surface area contributed by atoms with Gasteiger partial charge in [-0.2, -0.15) is 0 Å². The maximum absolute atomic E-state index is 13.0. The molecule has 20 heavy (non-hydrogen) atoms. The number of aliphatic hydroxyl groups is 1. The number of rotatable bonds is 5. The first kappa shape index (κ1) is 14.4. The molecular weight excluding hydrogens is 262 g/mol. The van der Waals surface area contributed by atoms with E-state index in [1.807, 2.05) is 6.92 Å². The molecule has 1 unspecified atom stereocenters. The van der Waals surface area contributed by atoms with Crippen LogP contribution in [0.25, 0.3) is 0 Å². The normalized spacial score (nSPS) is 13.8. The first-order chi connectivity index (χ1) is 9.59. The van der Waals surface area contributed by atoms with E-state index in [0.29, 0.717) is 17.8 Å². The van der Waals surface area contributed by atoms with Crippen LogP contribution >= 0.6 is 0 Å². The Morgan fingerprint density at radius 1 is 1.10 bits per heavy atom. The highest BCUT2D eigenvalue weighted by Crippen LogP contribution is 2.28. The van der Waals surface area contributed by atoms with Gasteiger partial charge in [0.05, 0.1) is 18.5 Å². The van der Waals surface area contributed by atoms with Crippen molar-refractivity contribution >= 4 is 5.69 Å². The first-order valence-electron chi connectivity index (χ1n) is 6.36. The van der Waals surface area contributed by atoms with Gasteiger partial charge in [0.2, 0.25) is 0 Å². The van der Waals surface area contributed by atoms with Crippen LogP contribution in [0.2, 0.25) is 0 Å². The van der Waals surface area contributed by atoms with Crippen LogP contribution in [-0.4, -0.2) is 16.7 Å². The summed E-state index contributed by atoms with van der Waals surface area (Å²) in [5.41, 5.74) is 0.368. The summed E-state index contributed by atoms with van der Waals surface area (Å²) in [5.74, 6) is -0.764. The smallest absolute Gasteiger partial charge is 0.141 e. The van der Waals surface area contributed by atoms with E-state index < -0.39 is 11.4 Å². The van der Waals surface area contributed by atoms with Crippen molar-refractivity contribution in [1.82, 2.24) is 4.98 Å². The maximum atomic E-state index is 13.0. The number of nitrogens with zero attached hydrogens (tertiary/aromatic N) is 1. The third kappa shape index (κ3) is 2.93. The SMILES string of the molecule is CCC(CO)(Nc1ccc(F)cc1)c1ccc(F)cn1. The standard InChI is InChI=1S/C15H16F2N2O/c1-2-15(10-20,14-8-5-12(17)9-18-14)19-13-6-3-11(16)4-7-13/h3-9,19-20H,2,10H2,1H3. The van der Waals surface area contributed by atoms with Gasteiger partial charge in [-0.05, 0) is 42.8 Å². The van der Waals surface area contributed by atoms with Gasteiger partial charge in [0.25, 0.3) is 0 Å². The quantitative estimate of drug-likeness (QED) is 0.883. The lowest BCUT2D eigenvalue weighted by Crippen LogP contribution is -2.39. The molecule has 2 aromatic rings. The van der Waals surface area contributed by atoms with Gasteiger partial charge in [-0.15, -0.1) is 0 Å². The second-order valence-corrected chi connectivity index (χ2v) is 4.59. The average Bonchev–Trinajstić information content (AvgIpc) is 2.48. The Balaban J connectivity index is 2.33. The van der Waals surface area contributed by atoms with Crippen LogP contribution in [0.3, 0.4) is 0 Å². The van der Waals surface area contributed by atoms with Gasteiger partial charge in [-0.3, -0.25) is 4.98 Å². The number of hydrogen-bond donors (Lipinski definition) is 2. The molecule has 0 saturated carbocycles. The number of aromatic nitrogens is 1. The van der Waals surface area contributed by atoms with E-state index in [2.05, 4.69) is 10.3 Å². The number of aliphatic hydroxyl groups excluding tert-OH is 1. The second-order valence-electron chi connectivity index (χ2n) is 4.59. The molecule has 0 aliphatic rings. The van der Waals surface area contributed by atoms with Crippen molar-refractivity contribution in [3.63, 3.8) is 0 Å². The summed E-state index contributed by atoms with van der Waals surface area (Å²) in [7, 11) is 0. The lowest BCUT2D eigenvalue weighted by molar-refractivity contribution is 0.204. The number of hydrogen-bond acceptors (Lipinski definition) is 3. The van der Waals surface area contributed by atoms with Crippen LogP contribution in [-0.2, 0) is 5.54 Å². The molecule has 0 bridgehead atoms. The fourth-order valence-electron chi connectivity index (χ4n) is 2.03. The van der Waals surface area contributed by atoms with Crippen LogP contribution in [0.4, 0.5) is 14.5 Å². The largest absolute Gasteiger partial charge is 0.394 e. The van der Waals surface area contributed by atoms with E-state index in [9.17, 15) is 13.9 Å². The topological polar surface area (TPSA) is 45.1 Å². The molecule has 2 rings (SSSR count). The molecular formula is C15H16F2N2O. The Morgan fingerprint density at radius 2 is 1.75 bits per heavy atom. The van der Waals surface area contributed by atoms with E-state index in [0.717, 1.165) is 6.20 Å². The van der Waals surface area contributed by atoms with Crippen LogP contribution in [0.15, 0.2) is 42.6 Å². The van der Waals surface area contributed by atoms with E-state index in [-0.39, 0.29) is 12.4 Å². The molecule has 0 radical (unpaired) electrons. The predicted molar refractivity (Wildman–Crippen MR) is 73.3 cm³/mol. The maximum Gasteiger partial charge on any atom is 0.141 e. The molecule has 1 atom stereocenters. The molecule has 0 spiro atoms. The van der Waals surface area contributed by atoms with Gasteiger partial charge in [0.15, 0.2) is 0 Å². The van der Waals surface area contributed by atoms with Crippen molar-refractivity contribution in [2.45, 2.75) is 18.9 Å². The number of nitrogens with one attached hydrogen (secondary N) is 1. The second kappa shape index (κ2) is 5.96. The van der Waals surface area contributed by atoms with Crippen molar-refractivity contribution in [3.05, 3.63) is 59.9 Å². The van der Waals surface area contributed by atoms with Crippen LogP contribution in [0.5, 0.6) is 0 Å². The first-order valence-corrected chi connectivity index (χ1v) is 6.36. The van der Waals surface area contributed by atoms with E-state index in [4.69, 9.17) is 0 Å². The van der Waals surface area contributed by atoms with Crippen molar-refractivity contribution < 1.29 is 13.9 Å². The summed E-state index contributed by atoms with van der Waals surface area (Å²) in [6, 6.07) is 8.66. The van der Waals surface area contributed by atoms with Gasteiger partial charge < -0.3 is 10.4 Å². The van der Waals surface area contributed by atoms with Crippen molar-refractivity contribution in [2.24, 2.45) is 0 Å². The molecule has 0 aliphatic heterocycles. The zero-order valence-electron chi connectivity index (χ0n) is 11.1. The summed E-state index contributed by atoms with van der Waals surface area (Å²) in [4.78, 5) is 4.03. The van der Waals surface area contributed by atoms with Crippen molar-refractivity contribution in [1.29, 1.82) is 0 Å². The Labute approximate surface area is 116 Å². The summed E-state index contributed by atoms with van der Waals surface area (Å²) in [6.45, 7) is 1.68. The summed E-state index contributed by atoms with van der Waals surface area (Å²) in [5, 5.41) is 12.9. The summed E-state index contributed by atoms with van der Waals surface area (Å²) in [6.07, 6.45) is 1.65. The summed E-state index contributed by atoms with van der Waals surface area (Å²) >= 11 is 0. The zero-order valence-corrected chi connectivity index (χ0v) is 11.1. The molecule has 0 amide bonds. The highest BCUT2D eigenvalue weighted by molar-refractivity contribution is 5.47. The third-order valence-corrected chi connectivity index (χ3v) is 3.32. The number of anilines is 1. The Hall–Kier alpha value is -2.01. The van der Waals surface area contributed by atoms with Crippen LogP contribution < -0.4 is 5.32 Å². The number of halogens is 2. The van der Waals surface area contributed by atoms with E-state index in [1.54, 1.807) is 12.1 Å². The molecule has 106 valence electrons. The predicted octanol–water partition coefficient (Wildman–Crippen LogP) is 3.07. The molecule has 1 aromatic heterocycles. The molecule has 5 heteroatoms. The molecule has 1 aromatic carbocycles. The van der Waals surface area contributed by atoms with E-state index >= 15 is 0 Å². The molecule has 0 saturated heterocycles. The molecule has 0 fully saturated rings. The zero-order chi connectivity index (χ0) is 14.6. The third-order valence-electron chi connectivity index (χ3n) is 3.32. The minimum absolute atomic E-state index is 0.209. The van der Waals surface area contributed by atoms with Crippen LogP contribution in [0, 0.1) is 11.6 Å². The molecule has 2 N–H and O–H groups in total. The summed E-state index contributed by atoms with van der Waals surface area (Å²) < 4.78 is 25.9. The van der Waals surface area contributed by atoms with Gasteiger partial charge in [0.1, 0.15) is 17.2 Å². The lowest BCUT2D eigenvalue weighted by Gasteiger charge is -2.32. The van der Waals surface area contributed by atoms with Gasteiger partial charge in [-0.25, -0.2) is 8.78 Å². The van der Waals surface area contributed by atoms with E-state index in [1.165, 1.54) is 24.3 Å². The highest BCUT2D eigenvalue weighted by Gasteiger charge is 2.31. The minimum Gasteiger partial charge on any atom is -0.394 e. The minimum atomic E-state index is -0.828. The Morgan fingerprint density at radius 3 is 2.25 bits per heavy atom.